The summed E-state index contributed by atoms with van der Waals surface area (Å²) in [5, 5.41) is 21.4. The van der Waals surface area contributed by atoms with E-state index in [0.29, 0.717) is 18.5 Å². The van der Waals surface area contributed by atoms with Crippen LogP contribution in [0.3, 0.4) is 0 Å². The van der Waals surface area contributed by atoms with Gasteiger partial charge in [-0.2, -0.15) is 0 Å². The third-order valence-corrected chi connectivity index (χ3v) is 5.75. The molecular formula is C26H42N6O6. The maximum Gasteiger partial charge on any atom is 0.269 e. The summed E-state index contributed by atoms with van der Waals surface area (Å²) in [6.45, 7) is 12.7. The van der Waals surface area contributed by atoms with Gasteiger partial charge in [-0.3, -0.25) is 29.3 Å². The summed E-state index contributed by atoms with van der Waals surface area (Å²) >= 11 is 0. The van der Waals surface area contributed by atoms with Crippen LogP contribution in [0.1, 0.15) is 61.3 Å². The smallest absolute Gasteiger partial charge is 0.269 e. The number of amides is 4. The summed E-state index contributed by atoms with van der Waals surface area (Å²) in [5.41, 5.74) is 6.18. The Hall–Kier alpha value is -3.54. The van der Waals surface area contributed by atoms with Crippen molar-refractivity contribution < 1.29 is 24.1 Å². The molecule has 0 aliphatic heterocycles. The molecule has 0 spiro atoms. The molecule has 0 saturated heterocycles. The quantitative estimate of drug-likeness (QED) is 0.178. The molecule has 12 nitrogen and oxygen atoms in total. The number of rotatable bonds is 14. The standard InChI is InChI=1S/C26H42N6O6/c1-14(2)12-20(27)24(34)31-22(16(5)6)26(36)30-21(13-15(3)4)25(35)28-17(7)23(33)29-18-8-10-19(11-9-18)32(37)38/h8-11,14-17,20-22H,12-13,27H2,1-7H3,(H,28,35)(H,29,33)(H,30,36)(H,31,34)/t17-,20+,21-,22+/m1/s1. The first kappa shape index (κ1) is 32.5. The van der Waals surface area contributed by atoms with Crippen molar-refractivity contribution in [3.05, 3.63) is 34.4 Å². The Morgan fingerprint density at radius 2 is 1.34 bits per heavy atom. The average molecular weight is 535 g/mol. The predicted octanol–water partition coefficient (Wildman–Crippen LogP) is 2.08. The Bertz CT molecular complexity index is 979. The minimum absolute atomic E-state index is 0.0434. The Labute approximate surface area is 224 Å². The fraction of sp³-hybridized carbons (Fsp3) is 0.615. The van der Waals surface area contributed by atoms with Crippen LogP contribution < -0.4 is 27.0 Å². The van der Waals surface area contributed by atoms with Gasteiger partial charge < -0.3 is 27.0 Å². The van der Waals surface area contributed by atoms with Gasteiger partial charge in [0.15, 0.2) is 0 Å². The van der Waals surface area contributed by atoms with Gasteiger partial charge in [-0.25, -0.2) is 0 Å². The Morgan fingerprint density at radius 3 is 1.82 bits per heavy atom. The van der Waals surface area contributed by atoms with E-state index in [1.807, 2.05) is 27.7 Å². The molecule has 0 radical (unpaired) electrons. The number of carbonyl (C=O) groups excluding carboxylic acids is 4. The summed E-state index contributed by atoms with van der Waals surface area (Å²) in [6.07, 6.45) is 0.774. The molecule has 212 valence electrons. The van der Waals surface area contributed by atoms with Gasteiger partial charge in [0, 0.05) is 17.8 Å². The van der Waals surface area contributed by atoms with Gasteiger partial charge in [-0.05, 0) is 49.7 Å². The first-order valence-corrected chi connectivity index (χ1v) is 12.8. The van der Waals surface area contributed by atoms with Crippen LogP contribution in [-0.4, -0.2) is 52.7 Å². The van der Waals surface area contributed by atoms with Crippen LogP contribution >= 0.6 is 0 Å². The maximum absolute atomic E-state index is 13.1. The van der Waals surface area contributed by atoms with Crippen LogP contribution in [0.15, 0.2) is 24.3 Å². The van der Waals surface area contributed by atoms with Gasteiger partial charge in [0.05, 0.1) is 11.0 Å². The molecule has 4 atom stereocenters. The Kier molecular flexibility index (Phi) is 12.8. The molecule has 1 rings (SSSR count). The van der Waals surface area contributed by atoms with Gasteiger partial charge in [0.25, 0.3) is 5.69 Å². The summed E-state index contributed by atoms with van der Waals surface area (Å²) < 4.78 is 0. The molecule has 6 N–H and O–H groups in total. The molecular weight excluding hydrogens is 492 g/mol. The highest BCUT2D eigenvalue weighted by Gasteiger charge is 2.31. The predicted molar refractivity (Wildman–Crippen MR) is 145 cm³/mol. The number of nitrogens with one attached hydrogen (secondary N) is 4. The molecule has 0 bridgehead atoms. The van der Waals surface area contributed by atoms with Gasteiger partial charge >= 0.3 is 0 Å². The second-order valence-corrected chi connectivity index (χ2v) is 10.7. The maximum atomic E-state index is 13.1. The van der Waals surface area contributed by atoms with E-state index in [9.17, 15) is 29.3 Å². The fourth-order valence-corrected chi connectivity index (χ4v) is 3.67. The number of nitro groups is 1. The third-order valence-electron chi connectivity index (χ3n) is 5.75. The number of benzene rings is 1. The molecule has 0 aliphatic carbocycles. The van der Waals surface area contributed by atoms with E-state index in [-0.39, 0.29) is 23.4 Å². The van der Waals surface area contributed by atoms with Crippen molar-refractivity contribution in [2.45, 2.75) is 85.5 Å². The molecule has 0 fully saturated rings. The fourth-order valence-electron chi connectivity index (χ4n) is 3.67. The molecule has 0 aromatic heterocycles. The molecule has 38 heavy (non-hydrogen) atoms. The number of nitro benzene ring substituents is 1. The lowest BCUT2D eigenvalue weighted by Gasteiger charge is -2.27. The zero-order valence-corrected chi connectivity index (χ0v) is 23.2. The number of nitrogens with zero attached hydrogens (tertiary/aromatic N) is 1. The van der Waals surface area contributed by atoms with Crippen molar-refractivity contribution in [1.29, 1.82) is 0 Å². The van der Waals surface area contributed by atoms with E-state index in [1.54, 1.807) is 13.8 Å². The monoisotopic (exact) mass is 534 g/mol. The van der Waals surface area contributed by atoms with Crippen LogP contribution in [-0.2, 0) is 19.2 Å². The summed E-state index contributed by atoms with van der Waals surface area (Å²) in [5.74, 6) is -2.05. The first-order chi connectivity index (χ1) is 17.6. The SMILES string of the molecule is CC(C)C[C@H](N)C(=O)N[C@H](C(=O)N[C@H](CC(C)C)C(=O)N[C@H](C)C(=O)Nc1ccc([N+](=O)[O-])cc1)C(C)C. The minimum atomic E-state index is -0.959. The van der Waals surface area contributed by atoms with Crippen molar-refractivity contribution in [3.63, 3.8) is 0 Å². The molecule has 0 heterocycles. The van der Waals surface area contributed by atoms with Crippen LogP contribution in [0, 0.1) is 27.9 Å². The van der Waals surface area contributed by atoms with Crippen LogP contribution in [0.4, 0.5) is 11.4 Å². The van der Waals surface area contributed by atoms with Crippen molar-refractivity contribution >= 4 is 35.0 Å². The Balaban J connectivity index is 2.88. The second-order valence-electron chi connectivity index (χ2n) is 10.7. The number of carbonyl (C=O) groups is 4. The van der Waals surface area contributed by atoms with Crippen molar-refractivity contribution in [1.82, 2.24) is 16.0 Å². The molecule has 0 unspecified atom stereocenters. The van der Waals surface area contributed by atoms with E-state index < -0.39 is 52.7 Å². The zero-order chi connectivity index (χ0) is 29.2. The molecule has 1 aromatic carbocycles. The summed E-state index contributed by atoms with van der Waals surface area (Å²) in [4.78, 5) is 61.6. The van der Waals surface area contributed by atoms with E-state index in [1.165, 1.54) is 31.2 Å². The van der Waals surface area contributed by atoms with Gasteiger partial charge in [0.1, 0.15) is 18.1 Å². The largest absolute Gasteiger partial charge is 0.343 e. The molecule has 0 saturated carbocycles. The highest BCUT2D eigenvalue weighted by molar-refractivity contribution is 5.98. The highest BCUT2D eigenvalue weighted by Crippen LogP contribution is 2.16. The summed E-state index contributed by atoms with van der Waals surface area (Å²) in [6, 6.07) is 1.73. The lowest BCUT2D eigenvalue weighted by molar-refractivity contribution is -0.384. The summed E-state index contributed by atoms with van der Waals surface area (Å²) in [7, 11) is 0. The molecule has 1 aromatic rings. The average Bonchev–Trinajstić information content (AvgIpc) is 2.80. The second kappa shape index (κ2) is 15.0. The van der Waals surface area contributed by atoms with E-state index >= 15 is 0 Å². The van der Waals surface area contributed by atoms with Crippen molar-refractivity contribution in [3.8, 4) is 0 Å². The first-order valence-electron chi connectivity index (χ1n) is 12.8. The zero-order valence-electron chi connectivity index (χ0n) is 23.2. The number of hydrogen-bond donors (Lipinski definition) is 5. The minimum Gasteiger partial charge on any atom is -0.343 e. The van der Waals surface area contributed by atoms with Crippen LogP contribution in [0.25, 0.3) is 0 Å². The van der Waals surface area contributed by atoms with E-state index in [2.05, 4.69) is 21.3 Å². The molecule has 12 heteroatoms. The third kappa shape index (κ3) is 10.8. The topological polar surface area (TPSA) is 186 Å². The number of anilines is 1. The number of hydrogen-bond acceptors (Lipinski definition) is 7. The molecule has 4 amide bonds. The van der Waals surface area contributed by atoms with Crippen molar-refractivity contribution in [2.75, 3.05) is 5.32 Å². The number of nitrogens with two attached hydrogens (primary N) is 1. The van der Waals surface area contributed by atoms with Gasteiger partial charge in [-0.1, -0.05) is 41.5 Å². The van der Waals surface area contributed by atoms with E-state index in [0.717, 1.165) is 0 Å². The van der Waals surface area contributed by atoms with Crippen molar-refractivity contribution in [2.24, 2.45) is 23.5 Å². The molecule has 0 aliphatic rings. The number of non-ortho nitro benzene ring substituents is 1. The normalized spacial score (nSPS) is 14.4. The van der Waals surface area contributed by atoms with E-state index in [4.69, 9.17) is 5.73 Å². The van der Waals surface area contributed by atoms with Gasteiger partial charge in [0.2, 0.25) is 23.6 Å². The van der Waals surface area contributed by atoms with Crippen LogP contribution in [0.2, 0.25) is 0 Å². The van der Waals surface area contributed by atoms with Crippen LogP contribution in [0.5, 0.6) is 0 Å². The van der Waals surface area contributed by atoms with Gasteiger partial charge in [-0.15, -0.1) is 0 Å². The Morgan fingerprint density at radius 1 is 0.789 bits per heavy atom. The lowest BCUT2D eigenvalue weighted by Crippen LogP contribution is -2.58. The highest BCUT2D eigenvalue weighted by atomic mass is 16.6. The lowest BCUT2D eigenvalue weighted by atomic mass is 9.98.